The first-order chi connectivity index (χ1) is 23.8. The average Bonchev–Trinajstić information content (AvgIpc) is 3.73. The van der Waals surface area contributed by atoms with Gasteiger partial charge >= 0.3 is 0 Å². The van der Waals surface area contributed by atoms with E-state index >= 15 is 0 Å². The van der Waals surface area contributed by atoms with Crippen molar-refractivity contribution in [1.29, 1.82) is 0 Å². The lowest BCUT2D eigenvalue weighted by atomic mass is 9.94. The maximum absolute atomic E-state index is 6.20. The van der Waals surface area contributed by atoms with Crippen molar-refractivity contribution in [2.75, 3.05) is 0 Å². The van der Waals surface area contributed by atoms with Crippen LogP contribution < -0.4 is 0 Å². The minimum Gasteiger partial charge on any atom is -0.456 e. The van der Waals surface area contributed by atoms with Gasteiger partial charge in [-0.1, -0.05) is 103 Å². The summed E-state index contributed by atoms with van der Waals surface area (Å²) >= 11 is 0. The molecule has 0 N–H and O–H groups in total. The zero-order chi connectivity index (χ0) is 31.6. The second-order valence-corrected chi connectivity index (χ2v) is 11.8. The van der Waals surface area contributed by atoms with Crippen LogP contribution in [-0.4, -0.2) is 19.9 Å². The molecule has 6 aromatic carbocycles. The van der Waals surface area contributed by atoms with Gasteiger partial charge in [-0.15, -0.1) is 0 Å². The fourth-order valence-electron chi connectivity index (χ4n) is 6.82. The standard InChI is InChI=1S/C42H24N4O2/c1-2-10-25(11-3-1)40-44-41(46-42(45-40)32-16-8-18-34-37(32)31-13-4-5-17-33(31)47-34)27-21-22-28-26(24-27)12-6-14-29(28)30-15-7-19-35-38(30)39-36(48-35)20-9-23-43-39/h1-24H. The van der Waals surface area contributed by atoms with E-state index in [0.717, 1.165) is 82.6 Å². The molecule has 0 amide bonds. The molecule has 224 valence electrons. The van der Waals surface area contributed by atoms with Gasteiger partial charge in [0, 0.05) is 33.7 Å². The lowest BCUT2D eigenvalue weighted by molar-refractivity contribution is 0.668. The fourth-order valence-corrected chi connectivity index (χ4v) is 6.82. The molecule has 0 radical (unpaired) electrons. The number of nitrogens with zero attached hydrogens (tertiary/aromatic N) is 4. The Labute approximate surface area is 274 Å². The summed E-state index contributed by atoms with van der Waals surface area (Å²) in [7, 11) is 0. The lowest BCUT2D eigenvalue weighted by Gasteiger charge is -2.11. The van der Waals surface area contributed by atoms with Gasteiger partial charge < -0.3 is 8.83 Å². The van der Waals surface area contributed by atoms with E-state index in [1.807, 2.05) is 91.1 Å². The molecule has 0 aliphatic carbocycles. The molecular weight excluding hydrogens is 592 g/mol. The first-order valence-electron chi connectivity index (χ1n) is 15.8. The molecule has 0 fully saturated rings. The van der Waals surface area contributed by atoms with Crippen molar-refractivity contribution < 1.29 is 8.83 Å². The summed E-state index contributed by atoms with van der Waals surface area (Å²) in [6, 6.07) is 47.0. The van der Waals surface area contributed by atoms with Crippen molar-refractivity contribution in [3.63, 3.8) is 0 Å². The third kappa shape index (κ3) is 4.13. The van der Waals surface area contributed by atoms with Gasteiger partial charge in [0.1, 0.15) is 22.3 Å². The zero-order valence-electron chi connectivity index (χ0n) is 25.5. The van der Waals surface area contributed by atoms with Crippen LogP contribution >= 0.6 is 0 Å². The molecule has 10 rings (SSSR count). The van der Waals surface area contributed by atoms with Crippen LogP contribution in [0, 0.1) is 0 Å². The molecule has 0 saturated heterocycles. The monoisotopic (exact) mass is 616 g/mol. The number of hydrogen-bond donors (Lipinski definition) is 0. The van der Waals surface area contributed by atoms with E-state index in [2.05, 4.69) is 59.6 Å². The maximum atomic E-state index is 6.20. The number of pyridine rings is 1. The zero-order valence-corrected chi connectivity index (χ0v) is 25.5. The van der Waals surface area contributed by atoms with Crippen LogP contribution in [0.2, 0.25) is 0 Å². The molecule has 0 unspecified atom stereocenters. The minimum atomic E-state index is 0.593. The van der Waals surface area contributed by atoms with E-state index in [0.29, 0.717) is 17.5 Å². The van der Waals surface area contributed by atoms with Crippen LogP contribution in [0.15, 0.2) is 155 Å². The number of aromatic nitrogens is 4. The lowest BCUT2D eigenvalue weighted by Crippen LogP contribution is -2.00. The van der Waals surface area contributed by atoms with Crippen molar-refractivity contribution in [2.24, 2.45) is 0 Å². The number of benzene rings is 6. The Hall–Kier alpha value is -6.66. The summed E-state index contributed by atoms with van der Waals surface area (Å²) in [6.07, 6.45) is 1.81. The number of furan rings is 2. The van der Waals surface area contributed by atoms with Gasteiger partial charge in [-0.05, 0) is 58.3 Å². The number of rotatable bonds is 4. The normalized spacial score (nSPS) is 11.8. The molecule has 48 heavy (non-hydrogen) atoms. The maximum Gasteiger partial charge on any atom is 0.164 e. The third-order valence-electron chi connectivity index (χ3n) is 8.99. The molecule has 4 aromatic heterocycles. The Balaban J connectivity index is 1.17. The van der Waals surface area contributed by atoms with Gasteiger partial charge in [0.15, 0.2) is 23.1 Å². The Morgan fingerprint density at radius 3 is 1.96 bits per heavy atom. The van der Waals surface area contributed by atoms with Crippen LogP contribution in [0.5, 0.6) is 0 Å². The van der Waals surface area contributed by atoms with E-state index in [-0.39, 0.29) is 0 Å². The second-order valence-electron chi connectivity index (χ2n) is 11.8. The predicted molar refractivity (Wildman–Crippen MR) is 191 cm³/mol. The minimum absolute atomic E-state index is 0.593. The summed E-state index contributed by atoms with van der Waals surface area (Å²) in [4.78, 5) is 19.8. The Morgan fingerprint density at radius 1 is 0.396 bits per heavy atom. The van der Waals surface area contributed by atoms with Crippen molar-refractivity contribution in [2.45, 2.75) is 0 Å². The average molecular weight is 617 g/mol. The van der Waals surface area contributed by atoms with E-state index in [1.54, 1.807) is 0 Å². The number of fused-ring (bicyclic) bond motifs is 7. The van der Waals surface area contributed by atoms with Crippen LogP contribution in [-0.2, 0) is 0 Å². The fraction of sp³-hybridized carbons (Fsp3) is 0. The molecule has 0 bridgehead atoms. The van der Waals surface area contributed by atoms with Crippen LogP contribution in [0.25, 0.3) is 100 Å². The first kappa shape index (κ1) is 26.5. The first-order valence-corrected chi connectivity index (χ1v) is 15.8. The smallest absolute Gasteiger partial charge is 0.164 e. The molecule has 0 saturated carbocycles. The van der Waals surface area contributed by atoms with Crippen LogP contribution in [0.4, 0.5) is 0 Å². The molecule has 6 heteroatoms. The molecule has 10 aromatic rings. The summed E-state index contributed by atoms with van der Waals surface area (Å²) in [5.74, 6) is 1.80. The van der Waals surface area contributed by atoms with Gasteiger partial charge in [-0.2, -0.15) is 0 Å². The summed E-state index contributed by atoms with van der Waals surface area (Å²) in [5.41, 5.74) is 9.00. The van der Waals surface area contributed by atoms with Gasteiger partial charge in [0.05, 0.1) is 5.39 Å². The molecule has 0 spiro atoms. The van der Waals surface area contributed by atoms with Gasteiger partial charge in [0.2, 0.25) is 0 Å². The largest absolute Gasteiger partial charge is 0.456 e. The van der Waals surface area contributed by atoms with E-state index < -0.39 is 0 Å². The van der Waals surface area contributed by atoms with Crippen LogP contribution in [0.3, 0.4) is 0 Å². The highest BCUT2D eigenvalue weighted by molar-refractivity contribution is 6.14. The van der Waals surface area contributed by atoms with Crippen molar-refractivity contribution in [1.82, 2.24) is 19.9 Å². The molecule has 0 aliphatic heterocycles. The summed E-state index contributed by atoms with van der Waals surface area (Å²) < 4.78 is 12.4. The Kier molecular flexibility index (Phi) is 5.77. The highest BCUT2D eigenvalue weighted by atomic mass is 16.3. The molecule has 6 nitrogen and oxygen atoms in total. The number of hydrogen-bond acceptors (Lipinski definition) is 6. The highest BCUT2D eigenvalue weighted by Gasteiger charge is 2.19. The Morgan fingerprint density at radius 2 is 1.06 bits per heavy atom. The Bertz CT molecular complexity index is 2850. The van der Waals surface area contributed by atoms with Crippen molar-refractivity contribution in [3.05, 3.63) is 146 Å². The molecule has 4 heterocycles. The van der Waals surface area contributed by atoms with Crippen molar-refractivity contribution >= 4 is 54.8 Å². The van der Waals surface area contributed by atoms with Crippen LogP contribution in [0.1, 0.15) is 0 Å². The summed E-state index contributed by atoms with van der Waals surface area (Å²) in [5, 5.41) is 5.23. The van der Waals surface area contributed by atoms with Crippen molar-refractivity contribution in [3.8, 4) is 45.3 Å². The molecule has 0 atom stereocenters. The van der Waals surface area contributed by atoms with Gasteiger partial charge in [-0.25, -0.2) is 15.0 Å². The van der Waals surface area contributed by atoms with Gasteiger partial charge in [0.25, 0.3) is 0 Å². The van der Waals surface area contributed by atoms with E-state index in [4.69, 9.17) is 23.8 Å². The van der Waals surface area contributed by atoms with E-state index in [9.17, 15) is 0 Å². The second kappa shape index (κ2) is 10.4. The molecular formula is C42H24N4O2. The SMILES string of the molecule is c1ccc(-c2nc(-c3ccc4c(-c5cccc6oc7cccnc7c56)cccc4c3)nc(-c3cccc4oc5ccccc5c34)n2)cc1. The van der Waals surface area contributed by atoms with Gasteiger partial charge in [-0.3, -0.25) is 4.98 Å². The molecule has 0 aliphatic rings. The predicted octanol–water partition coefficient (Wildman–Crippen LogP) is 10.9. The number of para-hydroxylation sites is 1. The third-order valence-corrected chi connectivity index (χ3v) is 8.99. The summed E-state index contributed by atoms with van der Waals surface area (Å²) in [6.45, 7) is 0. The van der Waals surface area contributed by atoms with E-state index in [1.165, 1.54) is 0 Å². The quantitative estimate of drug-likeness (QED) is 0.196. The topological polar surface area (TPSA) is 77.8 Å². The highest BCUT2D eigenvalue weighted by Crippen LogP contribution is 2.40.